The van der Waals surface area contributed by atoms with Gasteiger partial charge in [-0.05, 0) is 35.0 Å². The number of rotatable bonds is 4. The lowest BCUT2D eigenvalue weighted by molar-refractivity contribution is 0.575. The molecule has 0 aliphatic carbocycles. The van der Waals surface area contributed by atoms with E-state index in [2.05, 4.69) is 27.2 Å². The predicted molar refractivity (Wildman–Crippen MR) is 64.1 cm³/mol. The van der Waals surface area contributed by atoms with Crippen LogP contribution in [0.3, 0.4) is 0 Å². The fourth-order valence-electron chi connectivity index (χ4n) is 1.02. The maximum Gasteiger partial charge on any atom is 0.242 e. The first kappa shape index (κ1) is 12.4. The van der Waals surface area contributed by atoms with Crippen molar-refractivity contribution in [2.75, 3.05) is 0 Å². The van der Waals surface area contributed by atoms with Gasteiger partial charge >= 0.3 is 0 Å². The lowest BCUT2D eigenvalue weighted by Gasteiger charge is -2.11. The van der Waals surface area contributed by atoms with Crippen molar-refractivity contribution in [3.05, 3.63) is 41.4 Å². The average molecular weight is 290 g/mol. The van der Waals surface area contributed by atoms with Crippen LogP contribution in [-0.2, 0) is 10.0 Å². The van der Waals surface area contributed by atoms with Crippen LogP contribution >= 0.6 is 15.9 Å². The minimum atomic E-state index is -3.47. The number of nitrogens with one attached hydrogen (secondary N) is 1. The molecule has 0 aliphatic heterocycles. The zero-order valence-electron chi connectivity index (χ0n) is 8.27. The minimum Gasteiger partial charge on any atom is -0.207 e. The van der Waals surface area contributed by atoms with E-state index in [0.29, 0.717) is 4.47 Å². The summed E-state index contributed by atoms with van der Waals surface area (Å²) in [6, 6.07) is 6.38. The first-order valence-corrected chi connectivity index (χ1v) is 6.64. The predicted octanol–water partition coefficient (Wildman–Crippen LogP) is 2.30. The Kier molecular flexibility index (Phi) is 4.07. The summed E-state index contributed by atoms with van der Waals surface area (Å²) >= 11 is 3.20. The Morgan fingerprint density at radius 2 is 2.07 bits per heavy atom. The van der Waals surface area contributed by atoms with Crippen LogP contribution in [0.5, 0.6) is 0 Å². The Bertz CT molecular complexity index is 456. The van der Waals surface area contributed by atoms with Crippen LogP contribution in [0.4, 0.5) is 0 Å². The lowest BCUT2D eigenvalue weighted by atomic mass is 10.4. The highest BCUT2D eigenvalue weighted by Crippen LogP contribution is 2.20. The van der Waals surface area contributed by atoms with E-state index in [9.17, 15) is 8.42 Å². The van der Waals surface area contributed by atoms with Gasteiger partial charge in [0.25, 0.3) is 0 Å². The van der Waals surface area contributed by atoms with Crippen molar-refractivity contribution in [2.45, 2.75) is 17.9 Å². The Morgan fingerprint density at radius 3 is 2.60 bits per heavy atom. The third-order valence-corrected chi connectivity index (χ3v) is 4.39. The molecular formula is C10H12BrNO2S. The molecule has 0 saturated carbocycles. The average Bonchev–Trinajstić information content (AvgIpc) is 2.17. The second kappa shape index (κ2) is 4.92. The molecule has 82 valence electrons. The second-order valence-corrected chi connectivity index (χ2v) is 5.61. The van der Waals surface area contributed by atoms with Crippen molar-refractivity contribution in [2.24, 2.45) is 0 Å². The van der Waals surface area contributed by atoms with Gasteiger partial charge in [0.1, 0.15) is 0 Å². The fourth-order valence-corrected chi connectivity index (χ4v) is 3.24. The van der Waals surface area contributed by atoms with Crippen molar-refractivity contribution in [3.63, 3.8) is 0 Å². The molecule has 0 bridgehead atoms. The van der Waals surface area contributed by atoms with Crippen LogP contribution in [0.2, 0.25) is 0 Å². The van der Waals surface area contributed by atoms with E-state index in [1.54, 1.807) is 31.2 Å². The number of sulfonamides is 1. The molecule has 0 amide bonds. The molecule has 0 saturated heterocycles. The van der Waals surface area contributed by atoms with E-state index < -0.39 is 10.0 Å². The van der Waals surface area contributed by atoms with E-state index in [1.165, 1.54) is 6.08 Å². The molecule has 5 heteroatoms. The van der Waals surface area contributed by atoms with Crippen molar-refractivity contribution in [1.29, 1.82) is 0 Å². The van der Waals surface area contributed by atoms with Crippen molar-refractivity contribution >= 4 is 26.0 Å². The summed E-state index contributed by atoms with van der Waals surface area (Å²) in [7, 11) is -3.47. The third kappa shape index (κ3) is 3.15. The summed E-state index contributed by atoms with van der Waals surface area (Å²) in [6.07, 6.45) is 1.54. The monoisotopic (exact) mass is 289 g/mol. The maximum absolute atomic E-state index is 11.8. The molecule has 0 radical (unpaired) electrons. The van der Waals surface area contributed by atoms with Gasteiger partial charge in [-0.15, -0.1) is 6.58 Å². The molecule has 0 spiro atoms. The molecular weight excluding hydrogens is 278 g/mol. The Hall–Kier alpha value is -0.650. The summed E-state index contributed by atoms with van der Waals surface area (Å²) in [6.45, 7) is 5.25. The van der Waals surface area contributed by atoms with Gasteiger partial charge in [0.15, 0.2) is 0 Å². The standard InChI is InChI=1S/C10H12BrNO2S/c1-3-8(2)12-15(13,14)10-7-5-4-6-9(10)11/h3-8,12H,1H2,2H3. The number of hydrogen-bond acceptors (Lipinski definition) is 2. The molecule has 0 heterocycles. The summed E-state index contributed by atoms with van der Waals surface area (Å²) in [5, 5.41) is 0. The first-order chi connectivity index (χ1) is 6.97. The molecule has 1 rings (SSSR count). The third-order valence-electron chi connectivity index (χ3n) is 1.82. The molecule has 0 fully saturated rings. The maximum atomic E-state index is 11.8. The van der Waals surface area contributed by atoms with Crippen molar-refractivity contribution < 1.29 is 8.42 Å². The normalized spacial score (nSPS) is 13.5. The van der Waals surface area contributed by atoms with Crippen LogP contribution in [0.25, 0.3) is 0 Å². The number of halogens is 1. The van der Waals surface area contributed by atoms with Gasteiger partial charge in [-0.2, -0.15) is 0 Å². The zero-order chi connectivity index (χ0) is 11.5. The zero-order valence-corrected chi connectivity index (χ0v) is 10.7. The van der Waals surface area contributed by atoms with Crippen LogP contribution in [-0.4, -0.2) is 14.5 Å². The van der Waals surface area contributed by atoms with Crippen molar-refractivity contribution in [1.82, 2.24) is 4.72 Å². The second-order valence-electron chi connectivity index (χ2n) is 3.08. The molecule has 3 nitrogen and oxygen atoms in total. The van der Waals surface area contributed by atoms with Crippen LogP contribution in [0, 0.1) is 0 Å². The molecule has 1 aromatic rings. The summed E-state index contributed by atoms with van der Waals surface area (Å²) < 4.78 is 26.7. The molecule has 1 N–H and O–H groups in total. The molecule has 0 aromatic heterocycles. The largest absolute Gasteiger partial charge is 0.242 e. The van der Waals surface area contributed by atoms with Gasteiger partial charge in [0.2, 0.25) is 10.0 Å². The molecule has 1 unspecified atom stereocenters. The van der Waals surface area contributed by atoms with Crippen LogP contribution < -0.4 is 4.72 Å². The van der Waals surface area contributed by atoms with Crippen LogP contribution in [0.1, 0.15) is 6.92 Å². The van der Waals surface area contributed by atoms with Gasteiger partial charge in [0, 0.05) is 10.5 Å². The Labute approximate surface area is 98.4 Å². The quantitative estimate of drug-likeness (QED) is 0.865. The van der Waals surface area contributed by atoms with E-state index in [4.69, 9.17) is 0 Å². The highest BCUT2D eigenvalue weighted by molar-refractivity contribution is 9.10. The lowest BCUT2D eigenvalue weighted by Crippen LogP contribution is -2.31. The molecule has 0 aliphatic rings. The van der Waals surface area contributed by atoms with E-state index in [0.717, 1.165) is 0 Å². The Balaban J connectivity index is 3.07. The molecule has 1 atom stereocenters. The van der Waals surface area contributed by atoms with Gasteiger partial charge in [-0.1, -0.05) is 18.2 Å². The highest BCUT2D eigenvalue weighted by atomic mass is 79.9. The highest BCUT2D eigenvalue weighted by Gasteiger charge is 2.18. The van der Waals surface area contributed by atoms with Gasteiger partial charge < -0.3 is 0 Å². The SMILES string of the molecule is C=CC(C)NS(=O)(=O)c1ccccc1Br. The van der Waals surface area contributed by atoms with Gasteiger partial charge in [-0.3, -0.25) is 0 Å². The summed E-state index contributed by atoms with van der Waals surface area (Å²) in [5.74, 6) is 0. The summed E-state index contributed by atoms with van der Waals surface area (Å²) in [5.41, 5.74) is 0. The summed E-state index contributed by atoms with van der Waals surface area (Å²) in [4.78, 5) is 0.235. The molecule has 15 heavy (non-hydrogen) atoms. The van der Waals surface area contributed by atoms with E-state index >= 15 is 0 Å². The van der Waals surface area contributed by atoms with Gasteiger partial charge in [-0.25, -0.2) is 13.1 Å². The van der Waals surface area contributed by atoms with Crippen LogP contribution in [0.15, 0.2) is 46.3 Å². The fraction of sp³-hybridized carbons (Fsp3) is 0.200. The number of benzene rings is 1. The molecule has 1 aromatic carbocycles. The number of hydrogen-bond donors (Lipinski definition) is 1. The smallest absolute Gasteiger partial charge is 0.207 e. The first-order valence-electron chi connectivity index (χ1n) is 4.37. The van der Waals surface area contributed by atoms with Gasteiger partial charge in [0.05, 0.1) is 4.90 Å². The van der Waals surface area contributed by atoms with Crippen molar-refractivity contribution in [3.8, 4) is 0 Å². The Morgan fingerprint density at radius 1 is 1.47 bits per heavy atom. The topological polar surface area (TPSA) is 46.2 Å². The van der Waals surface area contributed by atoms with E-state index in [-0.39, 0.29) is 10.9 Å². The minimum absolute atomic E-state index is 0.235. The van der Waals surface area contributed by atoms with E-state index in [1.807, 2.05) is 0 Å².